The molecule has 166 valence electrons. The van der Waals surface area contributed by atoms with Crippen LogP contribution in [0.15, 0.2) is 91.0 Å². The minimum Gasteiger partial charge on any atom is -0.457 e. The van der Waals surface area contributed by atoms with Crippen molar-refractivity contribution in [3.05, 3.63) is 108 Å². The SMILES string of the molecule is O=C1CC(OCc2ccccc2)[C@H](OCc2ccccc2)C(COCc2ccccc2)O1. The number of cyclic esters (lactones) is 1. The van der Waals surface area contributed by atoms with Crippen LogP contribution in [-0.4, -0.2) is 30.9 Å². The summed E-state index contributed by atoms with van der Waals surface area (Å²) < 4.78 is 23.9. The van der Waals surface area contributed by atoms with Crippen molar-refractivity contribution in [2.75, 3.05) is 6.61 Å². The molecule has 32 heavy (non-hydrogen) atoms. The molecule has 0 amide bonds. The van der Waals surface area contributed by atoms with Crippen LogP contribution in [-0.2, 0) is 43.6 Å². The van der Waals surface area contributed by atoms with Crippen LogP contribution in [0.2, 0.25) is 0 Å². The molecular formula is C27H28O5. The molecule has 0 radical (unpaired) electrons. The van der Waals surface area contributed by atoms with Gasteiger partial charge in [0.05, 0.1) is 39.0 Å². The molecule has 4 rings (SSSR count). The second-order valence-corrected chi connectivity index (χ2v) is 7.83. The normalized spacial score (nSPS) is 20.6. The Bertz CT molecular complexity index is 946. The molecule has 0 N–H and O–H groups in total. The molecule has 3 aromatic rings. The van der Waals surface area contributed by atoms with Gasteiger partial charge in [-0.1, -0.05) is 91.0 Å². The highest BCUT2D eigenvalue weighted by atomic mass is 16.6. The highest BCUT2D eigenvalue weighted by Gasteiger charge is 2.40. The average molecular weight is 433 g/mol. The van der Waals surface area contributed by atoms with Crippen LogP contribution in [0.3, 0.4) is 0 Å². The third-order valence-corrected chi connectivity index (χ3v) is 5.37. The quantitative estimate of drug-likeness (QED) is 0.435. The van der Waals surface area contributed by atoms with Gasteiger partial charge in [-0.2, -0.15) is 0 Å². The van der Waals surface area contributed by atoms with Crippen LogP contribution in [0.5, 0.6) is 0 Å². The first-order valence-corrected chi connectivity index (χ1v) is 10.9. The fourth-order valence-corrected chi connectivity index (χ4v) is 3.71. The lowest BCUT2D eigenvalue weighted by Crippen LogP contribution is -2.51. The predicted octanol–water partition coefficient (Wildman–Crippen LogP) is 4.69. The maximum Gasteiger partial charge on any atom is 0.308 e. The summed E-state index contributed by atoms with van der Waals surface area (Å²) >= 11 is 0. The van der Waals surface area contributed by atoms with Gasteiger partial charge in [-0.05, 0) is 16.7 Å². The zero-order valence-electron chi connectivity index (χ0n) is 18.0. The van der Waals surface area contributed by atoms with Crippen LogP contribution >= 0.6 is 0 Å². The number of hydrogen-bond acceptors (Lipinski definition) is 5. The van der Waals surface area contributed by atoms with Gasteiger partial charge in [0.15, 0.2) is 6.10 Å². The Balaban J connectivity index is 1.42. The lowest BCUT2D eigenvalue weighted by Gasteiger charge is -2.37. The van der Waals surface area contributed by atoms with E-state index in [9.17, 15) is 4.79 Å². The van der Waals surface area contributed by atoms with Gasteiger partial charge in [0.2, 0.25) is 0 Å². The second-order valence-electron chi connectivity index (χ2n) is 7.83. The van der Waals surface area contributed by atoms with E-state index in [-0.39, 0.29) is 19.0 Å². The molecule has 5 heteroatoms. The van der Waals surface area contributed by atoms with E-state index in [0.29, 0.717) is 19.8 Å². The molecule has 3 aromatic carbocycles. The maximum atomic E-state index is 12.3. The van der Waals surface area contributed by atoms with Crippen molar-refractivity contribution in [1.82, 2.24) is 0 Å². The topological polar surface area (TPSA) is 54.0 Å². The summed E-state index contributed by atoms with van der Waals surface area (Å²) in [6.07, 6.45) is -1.22. The van der Waals surface area contributed by atoms with E-state index in [1.54, 1.807) is 0 Å². The summed E-state index contributed by atoms with van der Waals surface area (Å²) in [5.74, 6) is -0.295. The van der Waals surface area contributed by atoms with Crippen molar-refractivity contribution < 1.29 is 23.7 Å². The van der Waals surface area contributed by atoms with Gasteiger partial charge in [-0.15, -0.1) is 0 Å². The first kappa shape index (κ1) is 22.2. The molecule has 1 fully saturated rings. The average Bonchev–Trinajstić information content (AvgIpc) is 2.84. The number of carbonyl (C=O) groups is 1. The lowest BCUT2D eigenvalue weighted by molar-refractivity contribution is -0.205. The molecule has 1 aliphatic rings. The van der Waals surface area contributed by atoms with E-state index >= 15 is 0 Å². The minimum absolute atomic E-state index is 0.154. The molecule has 1 aliphatic heterocycles. The smallest absolute Gasteiger partial charge is 0.308 e. The summed E-state index contributed by atoms with van der Waals surface area (Å²) in [5.41, 5.74) is 3.16. The molecule has 3 atom stereocenters. The number of benzene rings is 3. The predicted molar refractivity (Wildman–Crippen MR) is 121 cm³/mol. The van der Waals surface area contributed by atoms with E-state index < -0.39 is 18.3 Å². The third kappa shape index (κ3) is 6.50. The number of rotatable bonds is 10. The largest absolute Gasteiger partial charge is 0.457 e. The van der Waals surface area contributed by atoms with Gasteiger partial charge >= 0.3 is 5.97 Å². The molecule has 1 heterocycles. The van der Waals surface area contributed by atoms with Gasteiger partial charge in [0, 0.05) is 0 Å². The van der Waals surface area contributed by atoms with Crippen LogP contribution in [0, 0.1) is 0 Å². The van der Waals surface area contributed by atoms with E-state index in [1.807, 2.05) is 91.0 Å². The van der Waals surface area contributed by atoms with Gasteiger partial charge in [-0.25, -0.2) is 0 Å². The molecule has 0 saturated carbocycles. The Morgan fingerprint density at radius 2 is 1.19 bits per heavy atom. The van der Waals surface area contributed by atoms with E-state index in [0.717, 1.165) is 16.7 Å². The third-order valence-electron chi connectivity index (χ3n) is 5.37. The van der Waals surface area contributed by atoms with Crippen molar-refractivity contribution in [2.24, 2.45) is 0 Å². The van der Waals surface area contributed by atoms with E-state index in [4.69, 9.17) is 18.9 Å². The van der Waals surface area contributed by atoms with Crippen molar-refractivity contribution in [3.63, 3.8) is 0 Å². The molecule has 2 unspecified atom stereocenters. The second kappa shape index (κ2) is 11.6. The monoisotopic (exact) mass is 432 g/mol. The van der Waals surface area contributed by atoms with Gasteiger partial charge in [0.1, 0.15) is 6.10 Å². The van der Waals surface area contributed by atoms with Crippen molar-refractivity contribution in [2.45, 2.75) is 44.6 Å². The number of hydrogen-bond donors (Lipinski definition) is 0. The first-order valence-electron chi connectivity index (χ1n) is 10.9. The molecule has 5 nitrogen and oxygen atoms in total. The van der Waals surface area contributed by atoms with Crippen molar-refractivity contribution in [1.29, 1.82) is 0 Å². The zero-order chi connectivity index (χ0) is 22.0. The summed E-state index contributed by atoms with van der Waals surface area (Å²) in [6, 6.07) is 29.8. The Labute approximate surface area is 188 Å². The Morgan fingerprint density at radius 3 is 1.75 bits per heavy atom. The number of esters is 1. The summed E-state index contributed by atoms with van der Waals surface area (Å²) in [4.78, 5) is 12.3. The number of ether oxygens (including phenoxy) is 4. The Hall–Kier alpha value is -2.99. The van der Waals surface area contributed by atoms with E-state index in [2.05, 4.69) is 0 Å². The highest BCUT2D eigenvalue weighted by molar-refractivity contribution is 5.71. The van der Waals surface area contributed by atoms with Crippen molar-refractivity contribution in [3.8, 4) is 0 Å². The lowest BCUT2D eigenvalue weighted by atomic mass is 10.0. The zero-order valence-corrected chi connectivity index (χ0v) is 18.0. The summed E-state index contributed by atoms with van der Waals surface area (Å²) in [6.45, 7) is 1.49. The summed E-state index contributed by atoms with van der Waals surface area (Å²) in [5, 5.41) is 0. The fourth-order valence-electron chi connectivity index (χ4n) is 3.71. The van der Waals surface area contributed by atoms with Gasteiger partial charge in [0.25, 0.3) is 0 Å². The van der Waals surface area contributed by atoms with Crippen LogP contribution in [0.1, 0.15) is 23.1 Å². The molecular weight excluding hydrogens is 404 g/mol. The maximum absolute atomic E-state index is 12.3. The van der Waals surface area contributed by atoms with Gasteiger partial charge in [-0.3, -0.25) is 4.79 Å². The molecule has 0 aromatic heterocycles. The van der Waals surface area contributed by atoms with E-state index in [1.165, 1.54) is 0 Å². The van der Waals surface area contributed by atoms with Crippen LogP contribution in [0.25, 0.3) is 0 Å². The molecule has 0 aliphatic carbocycles. The standard InChI is InChI=1S/C27H28O5/c28-26-16-24(30-18-22-12-6-2-7-13-22)27(31-19-23-14-8-3-9-15-23)25(32-26)20-29-17-21-10-4-1-5-11-21/h1-15,24-25,27H,16-20H2/t24?,25?,27-/m0/s1. The molecule has 0 bridgehead atoms. The van der Waals surface area contributed by atoms with Gasteiger partial charge < -0.3 is 18.9 Å². The molecule has 0 spiro atoms. The molecule has 1 saturated heterocycles. The van der Waals surface area contributed by atoms with Crippen molar-refractivity contribution >= 4 is 5.97 Å². The fraction of sp³-hybridized carbons (Fsp3) is 0.296. The minimum atomic E-state index is -0.538. The Morgan fingerprint density at radius 1 is 0.688 bits per heavy atom. The van der Waals surface area contributed by atoms with Crippen LogP contribution < -0.4 is 0 Å². The first-order chi connectivity index (χ1) is 15.8. The Kier molecular flexibility index (Phi) is 8.04. The number of carbonyl (C=O) groups excluding carboxylic acids is 1. The van der Waals surface area contributed by atoms with Crippen LogP contribution in [0.4, 0.5) is 0 Å². The highest BCUT2D eigenvalue weighted by Crippen LogP contribution is 2.25. The summed E-state index contributed by atoms with van der Waals surface area (Å²) in [7, 11) is 0.